The molecule has 0 saturated carbocycles. The summed E-state index contributed by atoms with van der Waals surface area (Å²) < 4.78 is 14.1. The van der Waals surface area contributed by atoms with E-state index in [-0.39, 0.29) is 0 Å². The van der Waals surface area contributed by atoms with E-state index in [9.17, 15) is 0 Å². The summed E-state index contributed by atoms with van der Waals surface area (Å²) in [6.45, 7) is 4.51. The molecule has 1 N–H and O–H groups in total. The fourth-order valence-electron chi connectivity index (χ4n) is 2.63. The first-order valence-electron chi connectivity index (χ1n) is 7.23. The van der Waals surface area contributed by atoms with Crippen LogP contribution in [0.2, 0.25) is 0 Å². The van der Waals surface area contributed by atoms with Gasteiger partial charge in [-0.05, 0) is 0 Å². The number of aryl methyl sites for hydroxylation is 2. The molecule has 0 bridgehead atoms. The van der Waals surface area contributed by atoms with Gasteiger partial charge in [-0.15, -0.1) is 0 Å². The first-order valence-corrected chi connectivity index (χ1v) is 82.2. The average Bonchev–Trinajstić information content (AvgIpc) is 2.47. The molecule has 0 atom stereocenters. The molecule has 2 aliphatic rings. The van der Waals surface area contributed by atoms with Crippen LogP contribution in [0, 0.1) is 141 Å². The van der Waals surface area contributed by atoms with Gasteiger partial charge in [0.25, 0.3) is 0 Å². The van der Waals surface area contributed by atoms with Crippen LogP contribution >= 0.6 is 0 Å². The number of fused-ring (bicyclic) bond motifs is 1. The maximum absolute atomic E-state index is 4.06. The van der Waals surface area contributed by atoms with Gasteiger partial charge >= 0.3 is 227 Å². The number of hydrogen-bond donors (Lipinski definition) is 1. The van der Waals surface area contributed by atoms with Crippen LogP contribution in [0.3, 0.4) is 0 Å². The van der Waals surface area contributed by atoms with Gasteiger partial charge in [-0.25, -0.2) is 0 Å². The molecular weight excluding hydrogens is 1330 g/mol. The Kier molecular flexibility index (Phi) is 9.99. The van der Waals surface area contributed by atoms with E-state index in [0.29, 0.717) is 58.6 Å². The molecule has 1 aromatic carbocycles. The van der Waals surface area contributed by atoms with Crippen molar-refractivity contribution in [2.75, 3.05) is 0 Å². The molecule has 2 heterocycles. The van der Waals surface area contributed by atoms with Crippen molar-refractivity contribution in [1.29, 1.82) is 0 Å². The average molecular weight is 1350 g/mol. The Morgan fingerprint density at radius 2 is 2.14 bits per heavy atom. The van der Waals surface area contributed by atoms with Gasteiger partial charge in [0.05, 0.1) is 0 Å². The summed E-state index contributed by atoms with van der Waals surface area (Å²) in [5.41, 5.74) is 4.47. The number of hydrogen-bond acceptors (Lipinski definition) is 1. The van der Waals surface area contributed by atoms with E-state index in [1.807, 2.05) is 0 Å². The second kappa shape index (κ2) is 10.1. The van der Waals surface area contributed by atoms with Crippen molar-refractivity contribution in [2.24, 2.45) is 0 Å². The first-order chi connectivity index (χ1) is 10.1. The zero-order valence-corrected chi connectivity index (χ0v) is 43.6. The third-order valence-corrected chi connectivity index (χ3v) is 86.3. The van der Waals surface area contributed by atoms with Crippen molar-refractivity contribution < 1.29 is 161 Å². The van der Waals surface area contributed by atoms with Crippen LogP contribution in [0.1, 0.15) is 16.7 Å². The van der Waals surface area contributed by atoms with Crippen LogP contribution in [-0.2, 0) is 34.0 Å². The minimum absolute atomic E-state index is 0.454. The molecule has 0 radical (unpaired) electrons. The van der Waals surface area contributed by atoms with E-state index in [1.54, 1.807) is 9.59 Å². The summed E-state index contributed by atoms with van der Waals surface area (Å²) in [6, 6.07) is 7.06. The normalized spacial score (nSPS) is 16.7. The van der Waals surface area contributed by atoms with Crippen LogP contribution in [0.25, 0.3) is 0 Å². The number of allylic oxidation sites excluding steroid dienone is 3. The van der Waals surface area contributed by atoms with Crippen LogP contribution in [0.4, 0.5) is 0 Å². The molecule has 21 heavy (non-hydrogen) atoms. The van der Waals surface area contributed by atoms with Crippen LogP contribution < -0.4 is 2.65 Å². The summed E-state index contributed by atoms with van der Waals surface area (Å²) >= 11 is 0.246. The van der Waals surface area contributed by atoms with Crippen molar-refractivity contribution >= 4 is 6.64 Å². The Morgan fingerprint density at radius 3 is 2.86 bits per heavy atom. The molecule has 0 fully saturated rings. The van der Waals surface area contributed by atoms with Gasteiger partial charge in [0.2, 0.25) is 0 Å². The van der Waals surface area contributed by atoms with Gasteiger partial charge in [0.15, 0.2) is 0 Å². The van der Waals surface area contributed by atoms with Crippen molar-refractivity contribution in [3.63, 3.8) is 0 Å². The SMILES string of the molecule is Cc1ccc([C]2=[W][C]3=[V][CH]=[C]([Ra][RaH])[C]([RaH])=[C]3[U][NH]2)c(C)c1. The topological polar surface area (TPSA) is 12.0 Å². The molecule has 1 nitrogen and oxygen atoms in total. The number of benzene rings is 1. The minimum atomic E-state index is -0.880. The van der Waals surface area contributed by atoms with Crippen molar-refractivity contribution in [1.82, 2.24) is 2.65 Å². The third-order valence-electron chi connectivity index (χ3n) is 3.92. The van der Waals surface area contributed by atoms with Crippen molar-refractivity contribution in [3.05, 3.63) is 43.5 Å². The molecular formula is C14H13NRa3UVW. The van der Waals surface area contributed by atoms with E-state index in [4.69, 9.17) is 0 Å². The second-order valence-electron chi connectivity index (χ2n) is 5.44. The Balaban J connectivity index is 2.03. The van der Waals surface area contributed by atoms with E-state index < -0.39 is 73.1 Å². The van der Waals surface area contributed by atoms with Gasteiger partial charge in [-0.3, -0.25) is 0 Å². The maximum atomic E-state index is 4.06. The molecule has 0 aromatic heterocycles. The number of rotatable bonds is 2. The molecule has 2 aliphatic heterocycles. The zero-order valence-electron chi connectivity index (χ0n) is 12.9. The zero-order chi connectivity index (χ0) is 15.0. The second-order valence-corrected chi connectivity index (χ2v) is 53.6. The molecule has 1 aromatic rings. The van der Waals surface area contributed by atoms with Crippen LogP contribution in [-0.4, -0.2) is 6.64 Å². The Labute approximate surface area is 219 Å². The fraction of sp³-hybridized carbons (Fsp3) is 0.143. The van der Waals surface area contributed by atoms with E-state index in [1.165, 1.54) is 11.1 Å². The standard InChI is InChI=1S/C9H10N.C5H.3Ra.U.V.W.2H/c1-7-3-4-9(6-10)8(2)5-7;1-3-5-4-2;;;;;;;;/h3-5,10H,1-2H3;1H;;;;;;;;/q-1;;;;;+1;;;;. The molecule has 95 valence electrons. The fourth-order valence-corrected chi connectivity index (χ4v) is 217. The van der Waals surface area contributed by atoms with Crippen LogP contribution in [0.5, 0.6) is 0 Å². The Bertz CT molecular complexity index is 740. The van der Waals surface area contributed by atoms with Crippen molar-refractivity contribution in [3.8, 4) is 0 Å². The predicted octanol–water partition coefficient (Wildman–Crippen LogP) is 1.31. The summed E-state index contributed by atoms with van der Waals surface area (Å²) in [5, 5.41) is 0. The van der Waals surface area contributed by atoms with E-state index >= 15 is 0 Å². The van der Waals surface area contributed by atoms with Gasteiger partial charge in [0, 0.05) is 0 Å². The van der Waals surface area contributed by atoms with Crippen LogP contribution in [0.15, 0.2) is 26.8 Å². The number of nitrogens with one attached hydrogen (secondary N) is 1. The van der Waals surface area contributed by atoms with Gasteiger partial charge in [0.1, 0.15) is 0 Å². The molecule has 0 saturated heterocycles. The monoisotopic (exact) mass is 1350 g/mol. The van der Waals surface area contributed by atoms with E-state index in [2.05, 4.69) is 45.9 Å². The quantitative estimate of drug-likeness (QED) is 0.472. The summed E-state index contributed by atoms with van der Waals surface area (Å²) in [4.78, 5) is 2.82. The predicted molar refractivity (Wildman–Crippen MR) is 66.1 cm³/mol. The molecule has 0 aliphatic carbocycles. The summed E-state index contributed by atoms with van der Waals surface area (Å²) in [6.07, 6.45) is 0. The molecule has 3 rings (SSSR count). The van der Waals surface area contributed by atoms with Gasteiger partial charge < -0.3 is 0 Å². The third kappa shape index (κ3) is 5.35. The molecule has 0 amide bonds. The first kappa shape index (κ1) is 20.9. The van der Waals surface area contributed by atoms with Gasteiger partial charge in [-0.2, -0.15) is 0 Å². The van der Waals surface area contributed by atoms with E-state index in [0.717, 1.165) is 29.1 Å². The molecule has 7 heteroatoms. The van der Waals surface area contributed by atoms with Gasteiger partial charge in [-0.1, -0.05) is 0 Å². The Morgan fingerprint density at radius 1 is 1.33 bits per heavy atom. The van der Waals surface area contributed by atoms with Crippen molar-refractivity contribution in [2.45, 2.75) is 13.8 Å². The summed E-state index contributed by atoms with van der Waals surface area (Å²) in [5.74, 6) is 0. The summed E-state index contributed by atoms with van der Waals surface area (Å²) in [7, 11) is 0. The molecule has 0 spiro atoms. The Hall–Kier alpha value is 5.13. The molecule has 0 unspecified atom stereocenters.